The van der Waals surface area contributed by atoms with E-state index in [0.717, 1.165) is 6.42 Å². The predicted octanol–water partition coefficient (Wildman–Crippen LogP) is 3.24. The molecule has 1 unspecified atom stereocenters. The van der Waals surface area contributed by atoms with E-state index in [9.17, 15) is 4.79 Å². The molecule has 0 aliphatic rings. The lowest BCUT2D eigenvalue weighted by atomic mass is 10.0. The number of hydrogen-bond donors (Lipinski definition) is 1. The first-order chi connectivity index (χ1) is 8.58. The van der Waals surface area contributed by atoms with Crippen LogP contribution in [0.1, 0.15) is 54.4 Å². The zero-order valence-corrected chi connectivity index (χ0v) is 12.4. The summed E-state index contributed by atoms with van der Waals surface area (Å²) in [5.74, 6) is 0. The predicted molar refractivity (Wildman–Crippen MR) is 66.0 cm³/mol. The van der Waals surface area contributed by atoms with Gasteiger partial charge in [-0.05, 0) is 51.1 Å². The molecule has 0 heterocycles. The minimum absolute atomic E-state index is 0.305. The zero-order chi connectivity index (χ0) is 15.1. The molecule has 19 heavy (non-hydrogen) atoms. The molecule has 0 radical (unpaired) electrons. The van der Waals surface area contributed by atoms with Crippen molar-refractivity contribution in [3.8, 4) is 0 Å². The molecule has 0 spiro atoms. The average Bonchev–Trinajstić information content (AvgIpc) is 2.22. The summed E-state index contributed by atoms with van der Waals surface area (Å²) in [6.45, 7) is 10.7. The fourth-order valence-corrected chi connectivity index (χ4v) is 1.21. The van der Waals surface area contributed by atoms with Gasteiger partial charge in [0.05, 0.1) is 0 Å². The van der Waals surface area contributed by atoms with E-state index in [1.807, 2.05) is 20.8 Å². The minimum Gasteiger partial charge on any atom is -0.450 e. The molecule has 0 amide bonds. The quantitative estimate of drug-likeness (QED) is 0.300. The topological polar surface area (TPSA) is 83.5 Å². The Balaban J connectivity index is 3.93. The van der Waals surface area contributed by atoms with Crippen molar-refractivity contribution >= 4 is 6.16 Å². The Morgan fingerprint density at radius 1 is 1.11 bits per heavy atom. The van der Waals surface area contributed by atoms with Crippen LogP contribution in [0.5, 0.6) is 0 Å². The van der Waals surface area contributed by atoms with Crippen LogP contribution in [0.4, 0.5) is 4.79 Å². The first-order valence-corrected chi connectivity index (χ1v) is 6.18. The molecule has 0 fully saturated rings. The van der Waals surface area contributed by atoms with Crippen LogP contribution >= 0.6 is 0 Å². The second-order valence-electron chi connectivity index (χ2n) is 5.57. The third kappa shape index (κ3) is 9.66. The molecule has 0 aliphatic carbocycles. The molecule has 0 aromatic heterocycles. The molecule has 0 saturated carbocycles. The summed E-state index contributed by atoms with van der Waals surface area (Å²) in [7, 11) is 0. The van der Waals surface area contributed by atoms with Crippen molar-refractivity contribution in [1.29, 1.82) is 0 Å². The highest BCUT2D eigenvalue weighted by molar-refractivity contribution is 5.57. The highest BCUT2D eigenvalue weighted by atomic mass is 17.7. The average molecular weight is 280 g/mol. The molecular formula is C12H24O7. The number of carbonyl (C=O) groups is 1. The molecule has 0 aliphatic heterocycles. The molecule has 0 bridgehead atoms. The number of carboxylic acid groups (broad SMARTS) is 1. The van der Waals surface area contributed by atoms with Crippen molar-refractivity contribution in [3.63, 3.8) is 0 Å². The fraction of sp³-hybridized carbons (Fsp3) is 0.917. The van der Waals surface area contributed by atoms with Gasteiger partial charge >= 0.3 is 6.16 Å². The van der Waals surface area contributed by atoms with E-state index in [1.54, 1.807) is 20.8 Å². The van der Waals surface area contributed by atoms with E-state index in [-0.39, 0.29) is 0 Å². The highest BCUT2D eigenvalue weighted by Gasteiger charge is 2.26. The van der Waals surface area contributed by atoms with Crippen LogP contribution in [0.25, 0.3) is 0 Å². The zero-order valence-electron chi connectivity index (χ0n) is 12.4. The first kappa shape index (κ1) is 18.1. The molecule has 0 rings (SSSR count). The molecule has 0 aromatic rings. The smallest absolute Gasteiger partial charge is 0.450 e. The Morgan fingerprint density at radius 2 is 1.58 bits per heavy atom. The highest BCUT2D eigenvalue weighted by Crippen LogP contribution is 2.20. The van der Waals surface area contributed by atoms with Crippen molar-refractivity contribution in [2.24, 2.45) is 0 Å². The summed E-state index contributed by atoms with van der Waals surface area (Å²) in [5, 5.41) is 17.5. The molecule has 0 saturated heterocycles. The van der Waals surface area contributed by atoms with Crippen molar-refractivity contribution in [2.75, 3.05) is 0 Å². The Bertz CT molecular complexity index is 275. The first-order valence-electron chi connectivity index (χ1n) is 6.18. The van der Waals surface area contributed by atoms with Crippen LogP contribution in [0.3, 0.4) is 0 Å². The van der Waals surface area contributed by atoms with Gasteiger partial charge in [-0.3, -0.25) is 0 Å². The van der Waals surface area contributed by atoms with E-state index in [4.69, 9.17) is 14.9 Å². The van der Waals surface area contributed by atoms with E-state index in [2.05, 4.69) is 14.8 Å². The normalized spacial score (nSPS) is 14.2. The molecule has 7 nitrogen and oxygen atoms in total. The van der Waals surface area contributed by atoms with Gasteiger partial charge in [-0.15, -0.1) is 0 Å². The Labute approximate surface area is 113 Å². The van der Waals surface area contributed by atoms with Crippen LogP contribution in [-0.4, -0.2) is 28.6 Å². The summed E-state index contributed by atoms with van der Waals surface area (Å²) in [4.78, 5) is 20.3. The fourth-order valence-electron chi connectivity index (χ4n) is 1.21. The van der Waals surface area contributed by atoms with E-state index in [0.29, 0.717) is 6.42 Å². The summed E-state index contributed by atoms with van der Waals surface area (Å²) >= 11 is 0. The number of rotatable bonds is 9. The van der Waals surface area contributed by atoms with Crippen molar-refractivity contribution in [2.45, 2.75) is 71.7 Å². The number of hydrogen-bond acceptors (Lipinski definition) is 6. The van der Waals surface area contributed by atoms with Crippen molar-refractivity contribution in [3.05, 3.63) is 0 Å². The molecule has 114 valence electrons. The third-order valence-electron chi connectivity index (χ3n) is 2.48. The van der Waals surface area contributed by atoms with Gasteiger partial charge in [0.25, 0.3) is 0 Å². The standard InChI is InChI=1S/C12H24O7/c1-7-11(3,4)16-18-19-17-12(5,6)8-9(2)15-10(13)14/h9H,7-8H2,1-6H3,(H,13,14). The van der Waals surface area contributed by atoms with Gasteiger partial charge < -0.3 is 9.84 Å². The van der Waals surface area contributed by atoms with Gasteiger partial charge in [0.2, 0.25) is 0 Å². The van der Waals surface area contributed by atoms with Gasteiger partial charge in [0.15, 0.2) is 0 Å². The molecule has 0 aromatic carbocycles. The SMILES string of the molecule is CCC(C)(C)OOOOC(C)(C)CC(C)OC(=O)O. The van der Waals surface area contributed by atoms with Gasteiger partial charge in [-0.1, -0.05) is 6.92 Å². The van der Waals surface area contributed by atoms with E-state index >= 15 is 0 Å². The van der Waals surface area contributed by atoms with Gasteiger partial charge in [-0.25, -0.2) is 4.79 Å². The molecule has 1 N–H and O–H groups in total. The molecule has 1 atom stereocenters. The van der Waals surface area contributed by atoms with E-state index < -0.39 is 23.5 Å². The van der Waals surface area contributed by atoms with Gasteiger partial charge in [0, 0.05) is 6.42 Å². The Hall–Kier alpha value is -0.890. The second-order valence-corrected chi connectivity index (χ2v) is 5.57. The van der Waals surface area contributed by atoms with Crippen LogP contribution in [0.2, 0.25) is 0 Å². The summed E-state index contributed by atoms with van der Waals surface area (Å²) in [6.07, 6.45) is -0.805. The van der Waals surface area contributed by atoms with Crippen LogP contribution in [0.15, 0.2) is 0 Å². The van der Waals surface area contributed by atoms with Gasteiger partial charge in [0.1, 0.15) is 17.3 Å². The monoisotopic (exact) mass is 280 g/mol. The summed E-state index contributed by atoms with van der Waals surface area (Å²) in [5.41, 5.74) is -1.26. The lowest BCUT2D eigenvalue weighted by Crippen LogP contribution is -2.32. The molecular weight excluding hydrogens is 256 g/mol. The third-order valence-corrected chi connectivity index (χ3v) is 2.48. The van der Waals surface area contributed by atoms with E-state index in [1.165, 1.54) is 0 Å². The summed E-state index contributed by atoms with van der Waals surface area (Å²) < 4.78 is 4.57. The van der Waals surface area contributed by atoms with Crippen LogP contribution in [0, 0.1) is 0 Å². The second kappa shape index (κ2) is 7.64. The lowest BCUT2D eigenvalue weighted by molar-refractivity contribution is -0.664. The Morgan fingerprint density at radius 3 is 2.00 bits per heavy atom. The van der Waals surface area contributed by atoms with Gasteiger partial charge in [-0.2, -0.15) is 9.78 Å². The molecule has 7 heteroatoms. The van der Waals surface area contributed by atoms with Crippen LogP contribution < -0.4 is 0 Å². The van der Waals surface area contributed by atoms with Crippen molar-refractivity contribution < 1.29 is 34.5 Å². The summed E-state index contributed by atoms with van der Waals surface area (Å²) in [6, 6.07) is 0. The van der Waals surface area contributed by atoms with Crippen LogP contribution in [-0.2, 0) is 24.6 Å². The lowest BCUT2D eigenvalue weighted by Gasteiger charge is -2.26. The largest absolute Gasteiger partial charge is 0.506 e. The minimum atomic E-state index is -1.33. The maximum Gasteiger partial charge on any atom is 0.506 e. The van der Waals surface area contributed by atoms with Crippen molar-refractivity contribution in [1.82, 2.24) is 0 Å². The maximum atomic E-state index is 10.4. The maximum absolute atomic E-state index is 10.4. The number of ether oxygens (including phenoxy) is 1. The Kier molecular flexibility index (Phi) is 7.28.